The molecule has 7 heteroatoms. The van der Waals surface area contributed by atoms with Crippen LogP contribution in [0.4, 0.5) is 0 Å². The van der Waals surface area contributed by atoms with Gasteiger partial charge in [-0.3, -0.25) is 9.36 Å². The van der Waals surface area contributed by atoms with Gasteiger partial charge in [0.1, 0.15) is 11.5 Å². The number of nitrogens with zero attached hydrogens (tertiary/aromatic N) is 2. The third-order valence-corrected chi connectivity index (χ3v) is 8.46. The van der Waals surface area contributed by atoms with Gasteiger partial charge in [-0.1, -0.05) is 59.9 Å². The van der Waals surface area contributed by atoms with Crippen LogP contribution in [0, 0.1) is 0 Å². The second-order valence-corrected chi connectivity index (χ2v) is 10.8. The maximum absolute atomic E-state index is 14.0. The molecule has 3 aromatic carbocycles. The Bertz CT molecular complexity index is 1730. The number of fused-ring (bicyclic) bond motifs is 3. The number of rotatable bonds is 5. The first kappa shape index (κ1) is 23.9. The first-order chi connectivity index (χ1) is 18.1. The molecule has 4 aromatic rings. The van der Waals surface area contributed by atoms with Gasteiger partial charge in [-0.05, 0) is 76.7 Å². The van der Waals surface area contributed by atoms with E-state index in [4.69, 9.17) is 14.5 Å². The van der Waals surface area contributed by atoms with E-state index >= 15 is 0 Å². The molecule has 0 spiro atoms. The van der Waals surface area contributed by atoms with Gasteiger partial charge in [-0.25, -0.2) is 4.99 Å². The van der Waals surface area contributed by atoms with Crippen molar-refractivity contribution in [2.24, 2.45) is 4.99 Å². The Morgan fingerprint density at radius 2 is 1.89 bits per heavy atom. The van der Waals surface area contributed by atoms with Crippen molar-refractivity contribution in [3.63, 3.8) is 0 Å². The number of thiazole rings is 1. The Labute approximate surface area is 227 Å². The van der Waals surface area contributed by atoms with Gasteiger partial charge in [0.05, 0.1) is 34.5 Å². The summed E-state index contributed by atoms with van der Waals surface area (Å²) < 4.78 is 14.8. The van der Waals surface area contributed by atoms with Crippen molar-refractivity contribution in [2.45, 2.75) is 25.8 Å². The van der Waals surface area contributed by atoms with E-state index in [1.165, 1.54) is 16.9 Å². The summed E-state index contributed by atoms with van der Waals surface area (Å²) in [4.78, 5) is 19.7. The highest BCUT2D eigenvalue weighted by Crippen LogP contribution is 2.43. The van der Waals surface area contributed by atoms with E-state index in [1.54, 1.807) is 7.11 Å². The fraction of sp³-hybridized carbons (Fsp3) is 0.200. The second kappa shape index (κ2) is 9.80. The third-order valence-electron chi connectivity index (χ3n) is 6.86. The predicted octanol–water partition coefficient (Wildman–Crippen LogP) is 5.49. The summed E-state index contributed by atoms with van der Waals surface area (Å²) in [6.07, 6.45) is 3.69. The topological polar surface area (TPSA) is 52.8 Å². The van der Waals surface area contributed by atoms with E-state index in [9.17, 15) is 4.79 Å². The lowest BCUT2D eigenvalue weighted by Gasteiger charge is -2.31. The standard InChI is InChI=1S/C30H25BrN2O3S/c1-3-36-25-15-12-18(16-23(25)31)17-26-29(34)33-28(21-10-6-7-11-24(21)35-2)22-14-13-19-8-4-5-9-20(19)27(22)32-30(33)37-26/h4-12,15-17,28H,3,13-14H2,1-2H3/b26-17-/t28-/m0/s1. The first-order valence-electron chi connectivity index (χ1n) is 12.3. The Morgan fingerprint density at radius 3 is 2.70 bits per heavy atom. The number of aromatic nitrogens is 1. The summed E-state index contributed by atoms with van der Waals surface area (Å²) in [7, 11) is 1.68. The third kappa shape index (κ3) is 4.16. The number of methoxy groups -OCH3 is 1. The van der Waals surface area contributed by atoms with Crippen LogP contribution in [0.25, 0.3) is 11.8 Å². The van der Waals surface area contributed by atoms with Crippen LogP contribution in [0.5, 0.6) is 11.5 Å². The molecule has 0 saturated carbocycles. The lowest BCUT2D eigenvalue weighted by atomic mass is 9.83. The Hall–Kier alpha value is -3.42. The molecule has 37 heavy (non-hydrogen) atoms. The summed E-state index contributed by atoms with van der Waals surface area (Å²) in [6, 6.07) is 22.0. The van der Waals surface area contributed by atoms with Crippen molar-refractivity contribution >= 4 is 39.0 Å². The molecule has 0 fully saturated rings. The lowest BCUT2D eigenvalue weighted by Crippen LogP contribution is -2.39. The smallest absolute Gasteiger partial charge is 0.271 e. The maximum Gasteiger partial charge on any atom is 0.271 e. The van der Waals surface area contributed by atoms with Crippen molar-refractivity contribution in [1.82, 2.24) is 4.57 Å². The molecule has 186 valence electrons. The highest BCUT2D eigenvalue weighted by Gasteiger charge is 2.33. The van der Waals surface area contributed by atoms with Gasteiger partial charge in [0.2, 0.25) is 0 Å². The van der Waals surface area contributed by atoms with Crippen molar-refractivity contribution in [3.8, 4) is 11.5 Å². The lowest BCUT2D eigenvalue weighted by molar-refractivity contribution is 0.338. The van der Waals surface area contributed by atoms with Crippen LogP contribution in [0.15, 0.2) is 86.6 Å². The van der Waals surface area contributed by atoms with Crippen molar-refractivity contribution in [3.05, 3.63) is 119 Å². The fourth-order valence-electron chi connectivity index (χ4n) is 5.22. The van der Waals surface area contributed by atoms with Crippen LogP contribution in [0.3, 0.4) is 0 Å². The van der Waals surface area contributed by atoms with E-state index in [1.807, 2.05) is 54.0 Å². The fourth-order valence-corrected chi connectivity index (χ4v) is 6.73. The molecule has 0 N–H and O–H groups in total. The largest absolute Gasteiger partial charge is 0.496 e. The summed E-state index contributed by atoms with van der Waals surface area (Å²) >= 11 is 5.01. The van der Waals surface area contributed by atoms with Gasteiger partial charge >= 0.3 is 0 Å². The maximum atomic E-state index is 14.0. The van der Waals surface area contributed by atoms with Gasteiger partial charge < -0.3 is 9.47 Å². The summed E-state index contributed by atoms with van der Waals surface area (Å²) in [5.41, 5.74) is 6.43. The second-order valence-electron chi connectivity index (χ2n) is 8.98. The summed E-state index contributed by atoms with van der Waals surface area (Å²) in [6.45, 7) is 2.55. The number of para-hydroxylation sites is 1. The molecule has 0 bridgehead atoms. The Kier molecular flexibility index (Phi) is 6.34. The van der Waals surface area contributed by atoms with E-state index in [0.717, 1.165) is 56.8 Å². The Morgan fingerprint density at radius 1 is 1.08 bits per heavy atom. The number of halogens is 1. The molecule has 0 radical (unpaired) electrons. The minimum atomic E-state index is -0.273. The van der Waals surface area contributed by atoms with Crippen LogP contribution < -0.4 is 24.4 Å². The average Bonchev–Trinajstić information content (AvgIpc) is 3.23. The average molecular weight is 574 g/mol. The Balaban J connectivity index is 1.59. The molecule has 1 aromatic heterocycles. The van der Waals surface area contributed by atoms with Crippen LogP contribution in [0.2, 0.25) is 0 Å². The summed E-state index contributed by atoms with van der Waals surface area (Å²) in [5, 5.41) is 0. The van der Waals surface area contributed by atoms with E-state index < -0.39 is 0 Å². The molecule has 0 amide bonds. The van der Waals surface area contributed by atoms with Gasteiger partial charge in [0.25, 0.3) is 5.56 Å². The molecule has 5 nitrogen and oxygen atoms in total. The zero-order valence-corrected chi connectivity index (χ0v) is 22.9. The minimum Gasteiger partial charge on any atom is -0.496 e. The van der Waals surface area contributed by atoms with Crippen molar-refractivity contribution in [1.29, 1.82) is 0 Å². The van der Waals surface area contributed by atoms with Gasteiger partial charge in [0.15, 0.2) is 4.80 Å². The monoisotopic (exact) mass is 572 g/mol. The van der Waals surface area contributed by atoms with Crippen LogP contribution >= 0.6 is 27.3 Å². The van der Waals surface area contributed by atoms with Gasteiger partial charge in [-0.15, -0.1) is 0 Å². The highest BCUT2D eigenvalue weighted by atomic mass is 79.9. The summed E-state index contributed by atoms with van der Waals surface area (Å²) in [5.74, 6) is 1.55. The van der Waals surface area contributed by atoms with Gasteiger partial charge in [0, 0.05) is 11.1 Å². The zero-order valence-electron chi connectivity index (χ0n) is 20.5. The van der Waals surface area contributed by atoms with Crippen LogP contribution in [-0.4, -0.2) is 18.3 Å². The molecule has 0 unspecified atom stereocenters. The zero-order chi connectivity index (χ0) is 25.5. The number of benzene rings is 3. The number of hydrogen-bond donors (Lipinski definition) is 0. The first-order valence-corrected chi connectivity index (χ1v) is 13.9. The van der Waals surface area contributed by atoms with E-state index in [2.05, 4.69) is 46.3 Å². The number of aryl methyl sites for hydroxylation is 1. The van der Waals surface area contributed by atoms with E-state index in [-0.39, 0.29) is 11.6 Å². The molecular formula is C30H25BrN2O3S. The molecule has 1 atom stereocenters. The quantitative estimate of drug-likeness (QED) is 0.318. The molecule has 1 aliphatic heterocycles. The molecular weight excluding hydrogens is 548 g/mol. The van der Waals surface area contributed by atoms with Crippen LogP contribution in [0.1, 0.15) is 41.6 Å². The van der Waals surface area contributed by atoms with Crippen LogP contribution in [-0.2, 0) is 6.42 Å². The number of hydrogen-bond acceptors (Lipinski definition) is 5. The van der Waals surface area contributed by atoms with Gasteiger partial charge in [-0.2, -0.15) is 0 Å². The minimum absolute atomic E-state index is 0.0462. The van der Waals surface area contributed by atoms with Crippen molar-refractivity contribution < 1.29 is 9.47 Å². The SMILES string of the molecule is CCOc1ccc(/C=c2\sc3n(c2=O)[C@@H](c2ccccc2OC)C2=C(N=3)c3ccccc3CC2)cc1Br. The molecule has 2 heterocycles. The molecule has 1 aliphatic carbocycles. The molecule has 2 aliphatic rings. The normalized spacial score (nSPS) is 16.5. The number of allylic oxidation sites excluding steroid dienone is 1. The number of ether oxygens (including phenoxy) is 2. The molecule has 0 saturated heterocycles. The predicted molar refractivity (Wildman–Crippen MR) is 151 cm³/mol. The van der Waals surface area contributed by atoms with E-state index in [0.29, 0.717) is 15.9 Å². The van der Waals surface area contributed by atoms with Crippen molar-refractivity contribution in [2.75, 3.05) is 13.7 Å². The highest BCUT2D eigenvalue weighted by molar-refractivity contribution is 9.10. The molecule has 6 rings (SSSR count).